The van der Waals surface area contributed by atoms with E-state index in [1.54, 1.807) is 20.5 Å². The summed E-state index contributed by atoms with van der Waals surface area (Å²) < 4.78 is 14.9. The average molecular weight is 626 g/mol. The maximum Gasteiger partial charge on any atom is 0.310 e. The molecule has 0 aliphatic heterocycles. The van der Waals surface area contributed by atoms with Crippen LogP contribution in [0.4, 0.5) is 0 Å². The van der Waals surface area contributed by atoms with Crippen LogP contribution in [0.1, 0.15) is 83.1 Å². The minimum atomic E-state index is -3.11. The number of hydrogen-bond acceptors (Lipinski definition) is 12. The summed E-state index contributed by atoms with van der Waals surface area (Å²) in [7, 11) is -2.64. The number of carbonyl (C=O) groups excluding carboxylic acids is 10. The molecule has 15 heteroatoms. The van der Waals surface area contributed by atoms with Gasteiger partial charge in [0.05, 0.1) is 5.41 Å². The van der Waals surface area contributed by atoms with Crippen molar-refractivity contribution < 1.29 is 57.2 Å². The predicted molar refractivity (Wildman–Crippen MR) is 156 cm³/mol. The van der Waals surface area contributed by atoms with E-state index in [1.807, 2.05) is 0 Å². The molecular weight excluding hydrogens is 580 g/mol. The minimum absolute atomic E-state index is 0.00694. The largest absolute Gasteiger partial charge is 0.394 e. The summed E-state index contributed by atoms with van der Waals surface area (Å²) in [4.78, 5) is 104. The van der Waals surface area contributed by atoms with Gasteiger partial charge in [-0.2, -0.15) is 0 Å². The van der Waals surface area contributed by atoms with Gasteiger partial charge in [0.2, 0.25) is 19.0 Å². The number of ketones is 2. The van der Waals surface area contributed by atoms with Crippen molar-refractivity contribution in [2.45, 2.75) is 83.1 Å². The summed E-state index contributed by atoms with van der Waals surface area (Å²) in [5, 5.41) is 0. The van der Waals surface area contributed by atoms with Gasteiger partial charge in [-0.25, -0.2) is 0 Å². The lowest BCUT2D eigenvalue weighted by Gasteiger charge is -2.15. The van der Waals surface area contributed by atoms with E-state index in [2.05, 4.69) is 4.74 Å². The zero-order chi connectivity index (χ0) is 34.6. The molecule has 0 saturated carbocycles. The Hall–Kier alpha value is -3.04. The van der Waals surface area contributed by atoms with Crippen LogP contribution >= 0.6 is 15.1 Å². The van der Waals surface area contributed by atoms with Crippen LogP contribution in [-0.2, 0) is 57.2 Å². The number of Topliss-reactive ketones (excluding diaryl/α,β-unsaturated/α-hetero) is 2. The molecule has 0 bridgehead atoms. The third kappa shape index (κ3) is 26.9. The normalized spacial score (nSPS) is 9.66. The number of carbonyl (C=O) groups is 10. The number of esters is 2. The Morgan fingerprint density at radius 3 is 0.854 bits per heavy atom. The Balaban J connectivity index is -0.000000132. The molecule has 0 spiro atoms. The standard InChI is InChI=1S/C7H12O2.C5H9NO2.C5H9O3P.C5H9O2P.C4H6O3/c1-5(8)7(3,4)6(2)9;1-4(7)6(3)5(2)8;1-4(6)9(3,8)5(2)7;1-4(6)8(3)5(2)7;1-3(5)7-4(2)6/h1-4H3;1-3H3;1-3H3;1-3H3;1-2H3. The second-order valence-corrected chi connectivity index (χ2v) is 14.5. The third-order valence-corrected chi connectivity index (χ3v) is 9.43. The van der Waals surface area contributed by atoms with Gasteiger partial charge in [0, 0.05) is 63.2 Å². The molecule has 13 nitrogen and oxygen atoms in total. The zero-order valence-corrected chi connectivity index (χ0v) is 28.5. The van der Waals surface area contributed by atoms with E-state index in [-0.39, 0.29) is 34.4 Å². The molecule has 0 aliphatic carbocycles. The van der Waals surface area contributed by atoms with Crippen LogP contribution in [0.3, 0.4) is 0 Å². The van der Waals surface area contributed by atoms with Crippen molar-refractivity contribution >= 4 is 72.5 Å². The molecule has 0 rings (SSSR count). The number of ether oxygens (including phenoxy) is 1. The van der Waals surface area contributed by atoms with Crippen LogP contribution in [0, 0.1) is 5.41 Å². The predicted octanol–water partition coefficient (Wildman–Crippen LogP) is 3.56. The van der Waals surface area contributed by atoms with E-state index < -0.39 is 43.5 Å². The van der Waals surface area contributed by atoms with Gasteiger partial charge in [0.25, 0.3) is 0 Å². The number of amides is 2. The molecule has 236 valence electrons. The maximum atomic E-state index is 10.9. The Labute approximate surface area is 243 Å². The number of imide groups is 1. The Bertz CT molecular complexity index is 957. The van der Waals surface area contributed by atoms with Crippen LogP contribution in [0.5, 0.6) is 0 Å². The van der Waals surface area contributed by atoms with E-state index in [9.17, 15) is 52.5 Å². The molecule has 0 fully saturated rings. The number of hydrogen-bond donors (Lipinski definition) is 0. The molecule has 0 atom stereocenters. The molecule has 0 aliphatic rings. The highest BCUT2D eigenvalue weighted by atomic mass is 31.2. The molecule has 0 heterocycles. The van der Waals surface area contributed by atoms with Crippen LogP contribution in [0.2, 0.25) is 0 Å². The van der Waals surface area contributed by atoms with E-state index in [4.69, 9.17) is 0 Å². The number of rotatable bonds is 6. The quantitative estimate of drug-likeness (QED) is 0.236. The van der Waals surface area contributed by atoms with Crippen molar-refractivity contribution in [2.24, 2.45) is 5.41 Å². The second kappa shape index (κ2) is 22.6. The molecule has 0 aromatic rings. The van der Waals surface area contributed by atoms with Gasteiger partial charge >= 0.3 is 11.9 Å². The molecule has 0 N–H and O–H groups in total. The van der Waals surface area contributed by atoms with Crippen molar-refractivity contribution in [3.63, 3.8) is 0 Å². The Morgan fingerprint density at radius 1 is 0.610 bits per heavy atom. The molecule has 0 saturated heterocycles. The molecule has 2 amide bonds. The van der Waals surface area contributed by atoms with Gasteiger partial charge in [-0.1, -0.05) is 0 Å². The lowest BCUT2D eigenvalue weighted by molar-refractivity contribution is -0.156. The highest BCUT2D eigenvalue weighted by Gasteiger charge is 2.28. The van der Waals surface area contributed by atoms with E-state index in [0.717, 1.165) is 4.90 Å². The average Bonchev–Trinajstić information content (AvgIpc) is 2.77. The van der Waals surface area contributed by atoms with Gasteiger partial charge in [-0.05, 0) is 48.2 Å². The second-order valence-electron chi connectivity index (χ2n) is 8.98. The maximum absolute atomic E-state index is 10.9. The van der Waals surface area contributed by atoms with Crippen molar-refractivity contribution in [1.82, 2.24) is 4.90 Å². The zero-order valence-electron chi connectivity index (χ0n) is 26.7. The van der Waals surface area contributed by atoms with E-state index in [0.29, 0.717) is 0 Å². The molecular formula is C26H45NO12P2. The van der Waals surface area contributed by atoms with Crippen LogP contribution < -0.4 is 0 Å². The van der Waals surface area contributed by atoms with Crippen LogP contribution in [0.15, 0.2) is 0 Å². The summed E-state index contributed by atoms with van der Waals surface area (Å²) >= 11 is 0. The van der Waals surface area contributed by atoms with Gasteiger partial charge in [0.1, 0.15) is 11.6 Å². The van der Waals surface area contributed by atoms with E-state index in [1.165, 1.54) is 82.9 Å². The monoisotopic (exact) mass is 625 g/mol. The fraction of sp³-hybridized carbons (Fsp3) is 0.615. The first-order valence-electron chi connectivity index (χ1n) is 11.8. The van der Waals surface area contributed by atoms with Gasteiger partial charge < -0.3 is 9.30 Å². The Morgan fingerprint density at radius 2 is 0.854 bits per heavy atom. The summed E-state index contributed by atoms with van der Waals surface area (Å²) in [5.41, 5.74) is -1.80. The highest BCUT2D eigenvalue weighted by molar-refractivity contribution is 7.93. The molecule has 0 radical (unpaired) electrons. The number of nitrogens with zero attached hydrogens (tertiary/aromatic N) is 1. The SMILES string of the molecule is CC(=O)C(C)(C)C(C)=O.CC(=O)N(C)C(C)=O.CC(=O)OC(C)=O.CC(=O)P(C)(=O)C(C)=O.CC(=O)P(C)C(C)=O. The van der Waals surface area contributed by atoms with Gasteiger partial charge in [-0.3, -0.25) is 52.8 Å². The summed E-state index contributed by atoms with van der Waals surface area (Å²) in [6, 6.07) is 0. The fourth-order valence-electron chi connectivity index (χ4n) is 1.12. The Kier molecular flexibility index (Phi) is 26.3. The topological polar surface area (TPSA) is 200 Å². The van der Waals surface area contributed by atoms with Crippen molar-refractivity contribution in [3.05, 3.63) is 0 Å². The smallest absolute Gasteiger partial charge is 0.310 e. The first-order valence-corrected chi connectivity index (χ1v) is 15.8. The first kappa shape index (κ1) is 47.7. The highest BCUT2D eigenvalue weighted by Crippen LogP contribution is 2.42. The summed E-state index contributed by atoms with van der Waals surface area (Å²) in [6.07, 6.45) is 0. The molecule has 0 aromatic heterocycles. The van der Waals surface area contributed by atoms with Crippen LogP contribution in [0.25, 0.3) is 0 Å². The minimum Gasteiger partial charge on any atom is -0.394 e. The van der Waals surface area contributed by atoms with Crippen LogP contribution in [-0.4, -0.2) is 82.7 Å². The lowest BCUT2D eigenvalue weighted by Crippen LogP contribution is -2.29. The van der Waals surface area contributed by atoms with Crippen molar-refractivity contribution in [1.29, 1.82) is 0 Å². The summed E-state index contributed by atoms with van der Waals surface area (Å²) in [5.74, 6) is -1.72. The first-order chi connectivity index (χ1) is 18.0. The van der Waals surface area contributed by atoms with E-state index >= 15 is 0 Å². The fourth-order valence-corrected chi connectivity index (χ4v) is 2.00. The molecule has 0 unspecified atom stereocenters. The summed E-state index contributed by atoms with van der Waals surface area (Å²) in [6.45, 7) is 19.3. The third-order valence-electron chi connectivity index (χ3n) is 5.14. The molecule has 0 aromatic carbocycles. The van der Waals surface area contributed by atoms with Gasteiger partial charge in [-0.15, -0.1) is 0 Å². The van der Waals surface area contributed by atoms with Gasteiger partial charge in [0.15, 0.2) is 22.1 Å². The molecule has 41 heavy (non-hydrogen) atoms. The van der Waals surface area contributed by atoms with Crippen molar-refractivity contribution in [3.8, 4) is 0 Å². The lowest BCUT2D eigenvalue weighted by atomic mass is 9.85. The van der Waals surface area contributed by atoms with Crippen molar-refractivity contribution in [2.75, 3.05) is 20.4 Å².